The highest BCUT2D eigenvalue weighted by Gasteiger charge is 2.10. The number of amides is 1. The Morgan fingerprint density at radius 3 is 2.73 bits per heavy atom. The number of nitrogens with one attached hydrogen (secondary N) is 1. The van der Waals surface area contributed by atoms with Crippen molar-refractivity contribution in [1.29, 1.82) is 0 Å². The van der Waals surface area contributed by atoms with E-state index >= 15 is 0 Å². The molecule has 5 heteroatoms. The molecule has 0 spiro atoms. The van der Waals surface area contributed by atoms with Gasteiger partial charge in [-0.05, 0) is 17.5 Å². The smallest absolute Gasteiger partial charge is 0.354 e. The second kappa shape index (κ2) is 5.31. The molecule has 0 saturated carbocycles. The number of carbonyl (C=O) groups is 2. The van der Waals surface area contributed by atoms with Crippen LogP contribution in [0.5, 0.6) is 0 Å². The van der Waals surface area contributed by atoms with Crippen molar-refractivity contribution < 1.29 is 14.3 Å². The molecule has 15 heavy (non-hydrogen) atoms. The number of carbonyl (C=O) groups excluding carboxylic acids is 2. The van der Waals surface area contributed by atoms with E-state index in [0.717, 1.165) is 4.88 Å². The number of esters is 1. The summed E-state index contributed by atoms with van der Waals surface area (Å²) in [6.45, 7) is 1.34. The highest BCUT2D eigenvalue weighted by molar-refractivity contribution is 7.10. The molecule has 80 valence electrons. The molecule has 1 rings (SSSR count). The highest BCUT2D eigenvalue weighted by Crippen LogP contribution is 2.12. The summed E-state index contributed by atoms with van der Waals surface area (Å²) in [6.07, 6.45) is 1.58. The fraction of sp³-hybridized carbons (Fsp3) is 0.200. The summed E-state index contributed by atoms with van der Waals surface area (Å²) in [5, 5.41) is 4.31. The number of rotatable bonds is 3. The van der Waals surface area contributed by atoms with Gasteiger partial charge >= 0.3 is 5.97 Å². The van der Waals surface area contributed by atoms with Gasteiger partial charge in [-0.2, -0.15) is 0 Å². The summed E-state index contributed by atoms with van der Waals surface area (Å²) in [5.74, 6) is -0.859. The predicted octanol–water partition coefficient (Wildman–Crippen LogP) is 1.40. The Morgan fingerprint density at radius 1 is 1.53 bits per heavy atom. The molecule has 0 aliphatic carbocycles. The molecule has 0 aromatic carbocycles. The second-order valence-electron chi connectivity index (χ2n) is 2.75. The Labute approximate surface area is 91.6 Å². The van der Waals surface area contributed by atoms with Crippen LogP contribution in [-0.2, 0) is 14.3 Å². The van der Waals surface area contributed by atoms with Crippen LogP contribution in [0, 0.1) is 0 Å². The van der Waals surface area contributed by atoms with E-state index < -0.39 is 5.97 Å². The van der Waals surface area contributed by atoms with Crippen LogP contribution in [0.2, 0.25) is 0 Å². The minimum absolute atomic E-state index is 0.146. The summed E-state index contributed by atoms with van der Waals surface area (Å²) in [4.78, 5) is 23.0. The zero-order valence-corrected chi connectivity index (χ0v) is 9.26. The topological polar surface area (TPSA) is 55.4 Å². The van der Waals surface area contributed by atoms with Crippen molar-refractivity contribution in [1.82, 2.24) is 5.32 Å². The molecule has 4 nitrogen and oxygen atoms in total. The average Bonchev–Trinajstić information content (AvgIpc) is 2.67. The molecule has 1 amide bonds. The summed E-state index contributed by atoms with van der Waals surface area (Å²) >= 11 is 1.47. The van der Waals surface area contributed by atoms with E-state index in [0.29, 0.717) is 0 Å². The van der Waals surface area contributed by atoms with E-state index in [9.17, 15) is 9.59 Å². The van der Waals surface area contributed by atoms with Gasteiger partial charge in [-0.15, -0.1) is 11.3 Å². The van der Waals surface area contributed by atoms with Crippen LogP contribution >= 0.6 is 11.3 Å². The Balaban J connectivity index is 2.90. The lowest BCUT2D eigenvalue weighted by atomic mass is 10.3. The van der Waals surface area contributed by atoms with E-state index in [-0.39, 0.29) is 11.6 Å². The van der Waals surface area contributed by atoms with Crippen LogP contribution in [0.25, 0.3) is 6.08 Å². The Hall–Kier alpha value is -1.62. The normalized spacial score (nSPS) is 10.9. The molecule has 1 aromatic rings. The zero-order chi connectivity index (χ0) is 11.3. The van der Waals surface area contributed by atoms with Crippen molar-refractivity contribution in [3.05, 3.63) is 28.1 Å². The van der Waals surface area contributed by atoms with Crippen LogP contribution in [0.1, 0.15) is 11.8 Å². The lowest BCUT2D eigenvalue weighted by Crippen LogP contribution is -2.25. The van der Waals surface area contributed by atoms with Gasteiger partial charge in [0.25, 0.3) is 0 Å². The predicted molar refractivity (Wildman–Crippen MR) is 58.1 cm³/mol. The van der Waals surface area contributed by atoms with Gasteiger partial charge in [0.15, 0.2) is 0 Å². The quantitative estimate of drug-likeness (QED) is 0.625. The van der Waals surface area contributed by atoms with Crippen molar-refractivity contribution in [3.63, 3.8) is 0 Å². The van der Waals surface area contributed by atoms with Gasteiger partial charge in [0.2, 0.25) is 5.91 Å². The summed E-state index contributed by atoms with van der Waals surface area (Å²) < 4.78 is 4.54. The van der Waals surface area contributed by atoms with E-state index in [2.05, 4.69) is 10.1 Å². The van der Waals surface area contributed by atoms with Crippen molar-refractivity contribution >= 4 is 29.3 Å². The molecule has 0 unspecified atom stereocenters. The first kappa shape index (κ1) is 11.5. The average molecular weight is 225 g/mol. The van der Waals surface area contributed by atoms with E-state index in [1.54, 1.807) is 6.08 Å². The largest absolute Gasteiger partial charge is 0.464 e. The van der Waals surface area contributed by atoms with E-state index in [1.807, 2.05) is 17.5 Å². The Morgan fingerprint density at radius 2 is 2.27 bits per heavy atom. The van der Waals surface area contributed by atoms with Crippen LogP contribution in [0.4, 0.5) is 0 Å². The number of thiophene rings is 1. The van der Waals surface area contributed by atoms with Gasteiger partial charge in [-0.25, -0.2) is 4.79 Å². The van der Waals surface area contributed by atoms with Gasteiger partial charge in [-0.3, -0.25) is 4.79 Å². The summed E-state index contributed by atoms with van der Waals surface area (Å²) in [7, 11) is 1.27. The third-order valence-corrected chi connectivity index (χ3v) is 2.37. The first-order valence-electron chi connectivity index (χ1n) is 4.24. The molecule has 0 saturated heterocycles. The minimum atomic E-state index is -0.557. The number of hydrogen-bond donors (Lipinski definition) is 1. The third-order valence-electron chi connectivity index (χ3n) is 1.55. The molecule has 0 radical (unpaired) electrons. The maximum absolute atomic E-state index is 11.3. The van der Waals surface area contributed by atoms with Crippen molar-refractivity contribution in [3.8, 4) is 0 Å². The molecule has 1 N–H and O–H groups in total. The molecule has 0 aliphatic rings. The molecule has 1 heterocycles. The summed E-state index contributed by atoms with van der Waals surface area (Å²) in [5.41, 5.74) is 0.146. The fourth-order valence-electron chi connectivity index (χ4n) is 0.961. The highest BCUT2D eigenvalue weighted by atomic mass is 32.1. The first-order chi connectivity index (χ1) is 7.13. The Kier molecular flexibility index (Phi) is 4.05. The van der Waals surface area contributed by atoms with Crippen LogP contribution in [0.15, 0.2) is 23.2 Å². The molecule has 0 fully saturated rings. The SMILES string of the molecule is COC(=O)/C(=C/c1cccs1)NC(C)=O. The summed E-state index contributed by atoms with van der Waals surface area (Å²) in [6, 6.07) is 3.70. The van der Waals surface area contributed by atoms with Crippen LogP contribution in [0.3, 0.4) is 0 Å². The second-order valence-corrected chi connectivity index (χ2v) is 3.73. The Bertz CT molecular complexity index is 381. The lowest BCUT2D eigenvalue weighted by Gasteiger charge is -2.04. The van der Waals surface area contributed by atoms with Gasteiger partial charge < -0.3 is 10.1 Å². The first-order valence-corrected chi connectivity index (χ1v) is 5.12. The van der Waals surface area contributed by atoms with Gasteiger partial charge in [0.05, 0.1) is 7.11 Å². The molecular weight excluding hydrogens is 214 g/mol. The van der Waals surface area contributed by atoms with Gasteiger partial charge in [0.1, 0.15) is 5.70 Å². The monoisotopic (exact) mass is 225 g/mol. The molecule has 1 aromatic heterocycles. The number of hydrogen-bond acceptors (Lipinski definition) is 4. The van der Waals surface area contributed by atoms with Crippen molar-refractivity contribution in [2.75, 3.05) is 7.11 Å². The van der Waals surface area contributed by atoms with Crippen LogP contribution < -0.4 is 5.32 Å². The van der Waals surface area contributed by atoms with Gasteiger partial charge in [-0.1, -0.05) is 6.07 Å². The van der Waals surface area contributed by atoms with E-state index in [1.165, 1.54) is 25.4 Å². The lowest BCUT2D eigenvalue weighted by molar-refractivity contribution is -0.137. The fourth-order valence-corrected chi connectivity index (χ4v) is 1.62. The van der Waals surface area contributed by atoms with Crippen molar-refractivity contribution in [2.24, 2.45) is 0 Å². The molecule has 0 bridgehead atoms. The van der Waals surface area contributed by atoms with Crippen LogP contribution in [-0.4, -0.2) is 19.0 Å². The number of ether oxygens (including phenoxy) is 1. The van der Waals surface area contributed by atoms with Crippen molar-refractivity contribution in [2.45, 2.75) is 6.92 Å². The maximum Gasteiger partial charge on any atom is 0.354 e. The molecule has 0 aliphatic heterocycles. The minimum Gasteiger partial charge on any atom is -0.464 e. The molecular formula is C10H11NO3S. The zero-order valence-electron chi connectivity index (χ0n) is 8.44. The maximum atomic E-state index is 11.3. The van der Waals surface area contributed by atoms with Gasteiger partial charge in [0, 0.05) is 11.8 Å². The number of methoxy groups -OCH3 is 1. The standard InChI is InChI=1S/C10H11NO3S/c1-7(12)11-9(10(13)14-2)6-8-4-3-5-15-8/h3-6H,1-2H3,(H,11,12)/b9-6-. The molecule has 0 atom stereocenters. The third kappa shape index (κ3) is 3.55. The van der Waals surface area contributed by atoms with E-state index in [4.69, 9.17) is 0 Å².